The first-order chi connectivity index (χ1) is 13.5. The van der Waals surface area contributed by atoms with Crippen LogP contribution < -0.4 is 4.74 Å². The Hall–Kier alpha value is -2.83. The molecule has 0 radical (unpaired) electrons. The molecule has 0 bridgehead atoms. The van der Waals surface area contributed by atoms with Crippen molar-refractivity contribution in [1.82, 2.24) is 15.0 Å². The molecule has 0 atom stereocenters. The van der Waals surface area contributed by atoms with E-state index in [1.807, 2.05) is 30.9 Å². The summed E-state index contributed by atoms with van der Waals surface area (Å²) in [6, 6.07) is 7.28. The third-order valence-electron chi connectivity index (χ3n) is 5.48. The van der Waals surface area contributed by atoms with Crippen LogP contribution in [-0.4, -0.2) is 52.9 Å². The summed E-state index contributed by atoms with van der Waals surface area (Å²) in [5.41, 5.74) is 2.23. The Morgan fingerprint density at radius 3 is 2.43 bits per heavy atom. The predicted molar refractivity (Wildman–Crippen MR) is 102 cm³/mol. The molecule has 28 heavy (non-hydrogen) atoms. The first-order valence-electron chi connectivity index (χ1n) is 9.76. The van der Waals surface area contributed by atoms with Gasteiger partial charge in [0.2, 0.25) is 5.91 Å². The molecule has 7 nitrogen and oxygen atoms in total. The lowest BCUT2D eigenvalue weighted by Crippen LogP contribution is -2.51. The van der Waals surface area contributed by atoms with Crippen molar-refractivity contribution in [2.24, 2.45) is 5.92 Å². The zero-order chi connectivity index (χ0) is 19.7. The Bertz CT molecular complexity index is 860. The molecule has 0 unspecified atom stereocenters. The zero-order valence-corrected chi connectivity index (χ0v) is 16.3. The second kappa shape index (κ2) is 7.66. The van der Waals surface area contributed by atoms with E-state index in [0.717, 1.165) is 29.9 Å². The molecule has 2 amide bonds. The molecule has 2 aromatic rings. The molecule has 1 aromatic carbocycles. The summed E-state index contributed by atoms with van der Waals surface area (Å²) in [5, 5.41) is 3.94. The Morgan fingerprint density at radius 1 is 1.11 bits per heavy atom. The van der Waals surface area contributed by atoms with Crippen LogP contribution >= 0.6 is 0 Å². The normalized spacial score (nSPS) is 16.9. The molecular formula is C21H25N3O4. The minimum atomic E-state index is -0.0621. The van der Waals surface area contributed by atoms with Crippen LogP contribution in [0.25, 0.3) is 0 Å². The fourth-order valence-corrected chi connectivity index (χ4v) is 3.52. The summed E-state index contributed by atoms with van der Waals surface area (Å²) < 4.78 is 11.1. The van der Waals surface area contributed by atoms with Crippen molar-refractivity contribution in [2.45, 2.75) is 33.3 Å². The average Bonchev–Trinajstić information content (AvgIpc) is 3.52. The topological polar surface area (TPSA) is 75.9 Å². The number of amides is 2. The van der Waals surface area contributed by atoms with Gasteiger partial charge in [0.15, 0.2) is 0 Å². The summed E-state index contributed by atoms with van der Waals surface area (Å²) in [4.78, 5) is 28.9. The summed E-state index contributed by atoms with van der Waals surface area (Å²) in [6.45, 7) is 6.32. The highest BCUT2D eigenvalue weighted by atomic mass is 16.5. The minimum Gasteiger partial charge on any atom is -0.488 e. The van der Waals surface area contributed by atoms with Crippen molar-refractivity contribution in [2.75, 3.05) is 26.2 Å². The van der Waals surface area contributed by atoms with Gasteiger partial charge in [0, 0.05) is 32.1 Å². The Morgan fingerprint density at radius 2 is 1.79 bits per heavy atom. The van der Waals surface area contributed by atoms with Gasteiger partial charge >= 0.3 is 0 Å². The predicted octanol–water partition coefficient (Wildman–Crippen LogP) is 2.56. The van der Waals surface area contributed by atoms with Gasteiger partial charge < -0.3 is 19.1 Å². The highest BCUT2D eigenvalue weighted by Gasteiger charge is 2.35. The van der Waals surface area contributed by atoms with E-state index < -0.39 is 0 Å². The van der Waals surface area contributed by atoms with Crippen LogP contribution in [0.5, 0.6) is 5.75 Å². The number of benzene rings is 1. The van der Waals surface area contributed by atoms with Crippen molar-refractivity contribution >= 4 is 11.8 Å². The number of aromatic nitrogens is 1. The quantitative estimate of drug-likeness (QED) is 0.793. The number of rotatable bonds is 5. The van der Waals surface area contributed by atoms with E-state index >= 15 is 0 Å². The van der Waals surface area contributed by atoms with E-state index in [9.17, 15) is 9.59 Å². The summed E-state index contributed by atoms with van der Waals surface area (Å²) in [7, 11) is 0. The Kier molecular flexibility index (Phi) is 5.07. The van der Waals surface area contributed by atoms with Crippen LogP contribution in [0, 0.1) is 19.8 Å². The smallest absolute Gasteiger partial charge is 0.257 e. The highest BCUT2D eigenvalue weighted by molar-refractivity contribution is 5.97. The van der Waals surface area contributed by atoms with Gasteiger partial charge in [-0.05, 0) is 38.8 Å². The Labute approximate surface area is 164 Å². The van der Waals surface area contributed by atoms with Gasteiger partial charge in [0.25, 0.3) is 5.91 Å². The van der Waals surface area contributed by atoms with Crippen LogP contribution in [0.2, 0.25) is 0 Å². The largest absolute Gasteiger partial charge is 0.488 e. The fraction of sp³-hybridized carbons (Fsp3) is 0.476. The molecule has 7 heteroatoms. The van der Waals surface area contributed by atoms with Gasteiger partial charge in [-0.15, -0.1) is 0 Å². The number of carbonyl (C=O) groups excluding carboxylic acids is 2. The van der Waals surface area contributed by atoms with E-state index in [-0.39, 0.29) is 17.7 Å². The van der Waals surface area contributed by atoms with Crippen molar-refractivity contribution < 1.29 is 18.8 Å². The van der Waals surface area contributed by atoms with Crippen molar-refractivity contribution in [3.8, 4) is 5.75 Å². The Balaban J connectivity index is 1.41. The van der Waals surface area contributed by atoms with E-state index in [1.54, 1.807) is 17.0 Å². The molecule has 1 aliphatic heterocycles. The van der Waals surface area contributed by atoms with Crippen LogP contribution in [-0.2, 0) is 11.4 Å². The molecule has 0 N–H and O–H groups in total. The van der Waals surface area contributed by atoms with Crippen LogP contribution in [0.4, 0.5) is 0 Å². The number of hydrogen-bond acceptors (Lipinski definition) is 5. The van der Waals surface area contributed by atoms with E-state index in [4.69, 9.17) is 9.26 Å². The summed E-state index contributed by atoms with van der Waals surface area (Å²) >= 11 is 0. The number of piperazine rings is 1. The van der Waals surface area contributed by atoms with Gasteiger partial charge in [-0.3, -0.25) is 9.59 Å². The van der Waals surface area contributed by atoms with Crippen molar-refractivity contribution in [1.29, 1.82) is 0 Å². The molecule has 0 spiro atoms. The number of para-hydroxylation sites is 1. The molecule has 2 heterocycles. The van der Waals surface area contributed by atoms with E-state index in [0.29, 0.717) is 44.1 Å². The second-order valence-electron chi connectivity index (χ2n) is 7.48. The maximum absolute atomic E-state index is 13.1. The first-order valence-corrected chi connectivity index (χ1v) is 9.76. The average molecular weight is 383 g/mol. The third-order valence-corrected chi connectivity index (χ3v) is 5.48. The maximum atomic E-state index is 13.1. The van der Waals surface area contributed by atoms with Crippen molar-refractivity contribution in [3.63, 3.8) is 0 Å². The maximum Gasteiger partial charge on any atom is 0.257 e. The molecule has 1 saturated carbocycles. The summed E-state index contributed by atoms with van der Waals surface area (Å²) in [5.74, 6) is 1.67. The zero-order valence-electron chi connectivity index (χ0n) is 16.3. The monoisotopic (exact) mass is 383 g/mol. The SMILES string of the molecule is Cc1noc(C)c1COc1ccccc1C(=O)N1CCN(C(=O)C2CC2)CC1. The number of nitrogens with zero attached hydrogens (tertiary/aromatic N) is 3. The number of carbonyl (C=O) groups is 2. The molecule has 4 rings (SSSR count). The molecule has 1 saturated heterocycles. The molecule has 1 aliphatic carbocycles. The number of aryl methyl sites for hydroxylation is 2. The van der Waals surface area contributed by atoms with Gasteiger partial charge in [-0.25, -0.2) is 0 Å². The van der Waals surface area contributed by atoms with Gasteiger partial charge in [-0.2, -0.15) is 0 Å². The standard InChI is InChI=1S/C21H25N3O4/c1-14-18(15(2)28-22-14)13-27-19-6-4-3-5-17(19)21(26)24-11-9-23(10-12-24)20(25)16-7-8-16/h3-6,16H,7-13H2,1-2H3. The molecule has 1 aromatic heterocycles. The molecule has 148 valence electrons. The van der Waals surface area contributed by atoms with Gasteiger partial charge in [0.05, 0.1) is 16.8 Å². The molecule has 2 fully saturated rings. The lowest BCUT2D eigenvalue weighted by molar-refractivity contribution is -0.134. The lowest BCUT2D eigenvalue weighted by atomic mass is 10.1. The first kappa shape index (κ1) is 18.5. The molecular weight excluding hydrogens is 358 g/mol. The highest BCUT2D eigenvalue weighted by Crippen LogP contribution is 2.31. The van der Waals surface area contributed by atoms with Gasteiger partial charge in [-0.1, -0.05) is 17.3 Å². The second-order valence-corrected chi connectivity index (χ2v) is 7.48. The number of ether oxygens (including phenoxy) is 1. The summed E-state index contributed by atoms with van der Waals surface area (Å²) in [6.07, 6.45) is 2.02. The number of hydrogen-bond donors (Lipinski definition) is 0. The van der Waals surface area contributed by atoms with Crippen molar-refractivity contribution in [3.05, 3.63) is 46.8 Å². The minimum absolute atomic E-state index is 0.0621. The lowest BCUT2D eigenvalue weighted by Gasteiger charge is -2.35. The van der Waals surface area contributed by atoms with E-state index in [2.05, 4.69) is 5.16 Å². The van der Waals surface area contributed by atoms with Gasteiger partial charge in [0.1, 0.15) is 18.1 Å². The molecule has 2 aliphatic rings. The third kappa shape index (κ3) is 3.74. The van der Waals surface area contributed by atoms with Crippen LogP contribution in [0.3, 0.4) is 0 Å². The van der Waals surface area contributed by atoms with E-state index in [1.165, 1.54) is 0 Å². The van der Waals surface area contributed by atoms with Crippen LogP contribution in [0.15, 0.2) is 28.8 Å². The van der Waals surface area contributed by atoms with Crippen LogP contribution in [0.1, 0.15) is 40.2 Å². The fourth-order valence-electron chi connectivity index (χ4n) is 3.52.